The zero-order valence-corrected chi connectivity index (χ0v) is 18.7. The molecule has 0 aliphatic carbocycles. The number of rotatable bonds is 0. The molecule has 0 aliphatic rings. The lowest BCUT2D eigenvalue weighted by molar-refractivity contribution is 0.354. The molecule has 0 radical (unpaired) electrons. The average Bonchev–Trinajstić information content (AvgIpc) is 3.29. The van der Waals surface area contributed by atoms with Crippen molar-refractivity contribution in [2.45, 2.75) is 78.8 Å². The predicted octanol–water partition coefficient (Wildman–Crippen LogP) is 4.45. The predicted molar refractivity (Wildman–Crippen MR) is 113 cm³/mol. The Hall–Kier alpha value is -2.57. The molecular formula is C21H35N7. The molecule has 7 nitrogen and oxygen atoms in total. The second-order valence-electron chi connectivity index (χ2n) is 9.45. The van der Waals surface area contributed by atoms with Crippen LogP contribution in [0.25, 0.3) is 0 Å². The summed E-state index contributed by atoms with van der Waals surface area (Å²) in [6, 6.07) is 3.76. The van der Waals surface area contributed by atoms with Crippen LogP contribution in [0.3, 0.4) is 0 Å². The van der Waals surface area contributed by atoms with Crippen LogP contribution < -0.4 is 0 Å². The molecule has 0 saturated heterocycles. The third-order valence-corrected chi connectivity index (χ3v) is 3.53. The number of nitrogens with zero attached hydrogens (tertiary/aromatic N) is 7. The first-order valence-corrected chi connectivity index (χ1v) is 9.44. The Balaban J connectivity index is 0.000000210. The molecule has 0 aliphatic heterocycles. The zero-order chi connectivity index (χ0) is 21.4. The molecule has 154 valence electrons. The van der Waals surface area contributed by atoms with Crippen molar-refractivity contribution in [2.75, 3.05) is 0 Å². The third kappa shape index (κ3) is 8.41. The van der Waals surface area contributed by atoms with Crippen LogP contribution >= 0.6 is 0 Å². The molecule has 0 fully saturated rings. The number of aromatic nitrogens is 7. The van der Waals surface area contributed by atoms with Gasteiger partial charge in [-0.25, -0.2) is 19.6 Å². The van der Waals surface area contributed by atoms with Crippen LogP contribution in [0.4, 0.5) is 0 Å². The zero-order valence-electron chi connectivity index (χ0n) is 18.7. The van der Waals surface area contributed by atoms with Crippen molar-refractivity contribution in [1.82, 2.24) is 34.5 Å². The fourth-order valence-electron chi connectivity index (χ4n) is 1.91. The van der Waals surface area contributed by atoms with E-state index in [4.69, 9.17) is 0 Å². The summed E-state index contributed by atoms with van der Waals surface area (Å²) in [6.45, 7) is 18.9. The molecule has 0 saturated carbocycles. The van der Waals surface area contributed by atoms with E-state index >= 15 is 0 Å². The third-order valence-electron chi connectivity index (χ3n) is 3.53. The highest BCUT2D eigenvalue weighted by Gasteiger charge is 2.15. The molecule has 28 heavy (non-hydrogen) atoms. The first kappa shape index (κ1) is 23.5. The largest absolute Gasteiger partial charge is 0.268 e. The average molecular weight is 386 g/mol. The summed E-state index contributed by atoms with van der Waals surface area (Å²) in [5, 5.41) is 8.10. The van der Waals surface area contributed by atoms with Crippen molar-refractivity contribution in [3.8, 4) is 0 Å². The fourth-order valence-corrected chi connectivity index (χ4v) is 1.91. The van der Waals surface area contributed by atoms with Crippen LogP contribution in [0.1, 0.15) is 68.1 Å². The van der Waals surface area contributed by atoms with Crippen LogP contribution in [0.5, 0.6) is 0 Å². The van der Waals surface area contributed by atoms with Crippen molar-refractivity contribution < 1.29 is 0 Å². The summed E-state index contributed by atoms with van der Waals surface area (Å²) in [5.74, 6) is 0.898. The Bertz CT molecular complexity index is 713. The monoisotopic (exact) mass is 385 g/mol. The van der Waals surface area contributed by atoms with E-state index in [2.05, 4.69) is 87.5 Å². The van der Waals surface area contributed by atoms with E-state index < -0.39 is 0 Å². The minimum Gasteiger partial charge on any atom is -0.268 e. The van der Waals surface area contributed by atoms with Crippen LogP contribution in [0.15, 0.2) is 49.6 Å². The van der Waals surface area contributed by atoms with E-state index in [0.29, 0.717) is 0 Å². The van der Waals surface area contributed by atoms with Gasteiger partial charge in [-0.05, 0) is 53.7 Å². The molecule has 0 N–H and O–H groups in total. The summed E-state index contributed by atoms with van der Waals surface area (Å²) in [6.07, 6.45) is 10.6. The highest BCUT2D eigenvalue weighted by Crippen LogP contribution is 2.15. The molecule has 3 aromatic rings. The molecule has 3 rings (SSSR count). The van der Waals surface area contributed by atoms with Gasteiger partial charge in [0.1, 0.15) is 18.5 Å². The van der Waals surface area contributed by atoms with Gasteiger partial charge in [-0.2, -0.15) is 10.2 Å². The smallest absolute Gasteiger partial charge is 0.137 e. The highest BCUT2D eigenvalue weighted by molar-refractivity contribution is 5.00. The van der Waals surface area contributed by atoms with E-state index in [0.717, 1.165) is 5.82 Å². The normalized spacial score (nSPS) is 11.8. The number of hydrogen-bond acceptors (Lipinski definition) is 5. The van der Waals surface area contributed by atoms with Gasteiger partial charge in [0.05, 0.1) is 11.1 Å². The maximum atomic E-state index is 4.14. The highest BCUT2D eigenvalue weighted by atomic mass is 15.3. The number of hydrogen-bond donors (Lipinski definition) is 0. The van der Waals surface area contributed by atoms with Gasteiger partial charge in [0.25, 0.3) is 0 Å². The van der Waals surface area contributed by atoms with E-state index in [1.165, 1.54) is 0 Å². The lowest BCUT2D eigenvalue weighted by Crippen LogP contribution is -2.21. The molecule has 3 heterocycles. The molecule has 0 aromatic carbocycles. The van der Waals surface area contributed by atoms with E-state index in [9.17, 15) is 0 Å². The second-order valence-corrected chi connectivity index (χ2v) is 9.45. The molecule has 0 unspecified atom stereocenters. The SMILES string of the molecule is CC(C)(C)c1ncccn1.CC(C)(C)n1cccn1.CC(C)(C)n1cncn1. The quantitative estimate of drug-likeness (QED) is 0.572. The molecule has 3 aromatic heterocycles. The minimum atomic E-state index is 0.0660. The Morgan fingerprint density at radius 2 is 1.25 bits per heavy atom. The van der Waals surface area contributed by atoms with Crippen molar-refractivity contribution in [3.05, 3.63) is 55.4 Å². The van der Waals surface area contributed by atoms with Gasteiger partial charge in [-0.15, -0.1) is 0 Å². The van der Waals surface area contributed by atoms with Crippen molar-refractivity contribution >= 4 is 0 Å². The van der Waals surface area contributed by atoms with Gasteiger partial charge in [-0.1, -0.05) is 20.8 Å². The topological polar surface area (TPSA) is 74.3 Å². The van der Waals surface area contributed by atoms with Gasteiger partial charge >= 0.3 is 0 Å². The minimum absolute atomic E-state index is 0.0660. The van der Waals surface area contributed by atoms with Crippen LogP contribution in [-0.4, -0.2) is 34.5 Å². The maximum Gasteiger partial charge on any atom is 0.137 e. The molecule has 7 heteroatoms. The van der Waals surface area contributed by atoms with Gasteiger partial charge < -0.3 is 0 Å². The first-order valence-electron chi connectivity index (χ1n) is 9.44. The lowest BCUT2D eigenvalue weighted by atomic mass is 9.96. The lowest BCUT2D eigenvalue weighted by Gasteiger charge is -2.18. The molecular weight excluding hydrogens is 350 g/mol. The Morgan fingerprint density at radius 3 is 1.50 bits per heavy atom. The summed E-state index contributed by atoms with van der Waals surface area (Å²) >= 11 is 0. The molecule has 0 amide bonds. The molecule has 0 bridgehead atoms. The van der Waals surface area contributed by atoms with Gasteiger partial charge in [0.15, 0.2) is 0 Å². The van der Waals surface area contributed by atoms with Crippen molar-refractivity contribution in [2.24, 2.45) is 0 Å². The summed E-state index contributed by atoms with van der Waals surface area (Å²) < 4.78 is 3.76. The summed E-state index contributed by atoms with van der Waals surface area (Å²) in [4.78, 5) is 12.1. The Labute approximate surface area is 169 Å². The van der Waals surface area contributed by atoms with Crippen molar-refractivity contribution in [3.63, 3.8) is 0 Å². The maximum absolute atomic E-state index is 4.14. The summed E-state index contributed by atoms with van der Waals surface area (Å²) in [5.41, 5.74) is 0.265. The van der Waals surface area contributed by atoms with Gasteiger partial charge in [-0.3, -0.25) is 4.68 Å². The molecule has 0 atom stereocenters. The van der Waals surface area contributed by atoms with E-state index in [1.807, 2.05) is 27.7 Å². The molecule has 0 spiro atoms. The van der Waals surface area contributed by atoms with Crippen LogP contribution in [0, 0.1) is 0 Å². The first-order chi connectivity index (χ1) is 12.8. The standard InChI is InChI=1S/C8H12N2.C7H12N2.C6H11N3/c1-8(2,3)7-9-5-4-6-10-7;1-7(2,3)9-6-4-5-8-9;1-6(2,3)9-5-7-4-8-9/h4-6H,1-3H3;4-6H,1-3H3;4-5H,1-3H3. The Kier molecular flexibility index (Phi) is 8.02. The fraction of sp³-hybridized carbons (Fsp3) is 0.571. The van der Waals surface area contributed by atoms with Gasteiger partial charge in [0, 0.05) is 30.2 Å². The van der Waals surface area contributed by atoms with Crippen LogP contribution in [-0.2, 0) is 16.5 Å². The van der Waals surface area contributed by atoms with Crippen LogP contribution in [0.2, 0.25) is 0 Å². The second kappa shape index (κ2) is 9.57. The summed E-state index contributed by atoms with van der Waals surface area (Å²) in [7, 11) is 0. The van der Waals surface area contributed by atoms with E-state index in [-0.39, 0.29) is 16.5 Å². The van der Waals surface area contributed by atoms with E-state index in [1.54, 1.807) is 31.2 Å². The van der Waals surface area contributed by atoms with Crippen molar-refractivity contribution in [1.29, 1.82) is 0 Å². The Morgan fingerprint density at radius 1 is 0.679 bits per heavy atom. The van der Waals surface area contributed by atoms with Gasteiger partial charge in [0.2, 0.25) is 0 Å².